The van der Waals surface area contributed by atoms with Crippen LogP contribution in [0.4, 0.5) is 0 Å². The number of nitrogens with two attached hydrogens (primary N) is 1. The van der Waals surface area contributed by atoms with E-state index in [1.54, 1.807) is 6.20 Å². The number of imidazole rings is 1. The van der Waals surface area contributed by atoms with Crippen molar-refractivity contribution in [3.63, 3.8) is 0 Å². The van der Waals surface area contributed by atoms with Crippen molar-refractivity contribution in [3.05, 3.63) is 18.2 Å². The minimum Gasteiger partial charge on any atom is -0.368 e. The zero-order chi connectivity index (χ0) is 14.6. The molecule has 0 fully saturated rings. The van der Waals surface area contributed by atoms with Gasteiger partial charge in [0.15, 0.2) is 0 Å². The average Bonchev–Trinajstić information content (AvgIpc) is 2.77. The number of likely N-dealkylation sites (N-methyl/N-ethyl adjacent to an activating group) is 1. The molecular weight excluding hydrogens is 240 g/mol. The van der Waals surface area contributed by atoms with Gasteiger partial charge in [0.2, 0.25) is 5.91 Å². The van der Waals surface area contributed by atoms with E-state index in [1.165, 1.54) is 0 Å². The van der Waals surface area contributed by atoms with E-state index >= 15 is 0 Å². The van der Waals surface area contributed by atoms with Crippen molar-refractivity contribution in [1.29, 1.82) is 0 Å². The fourth-order valence-electron chi connectivity index (χ4n) is 2.48. The van der Waals surface area contributed by atoms with Gasteiger partial charge in [-0.2, -0.15) is 0 Å². The summed E-state index contributed by atoms with van der Waals surface area (Å²) >= 11 is 0. The first-order chi connectivity index (χ1) is 8.81. The molecule has 1 heterocycles. The van der Waals surface area contributed by atoms with E-state index in [2.05, 4.69) is 35.6 Å². The molecule has 0 saturated carbocycles. The molecule has 0 bridgehead atoms. The Kier molecular flexibility index (Phi) is 5.11. The minimum absolute atomic E-state index is 0.163. The third-order valence-electron chi connectivity index (χ3n) is 3.50. The first-order valence-electron chi connectivity index (χ1n) is 6.89. The Labute approximate surface area is 115 Å². The molecule has 0 radical (unpaired) electrons. The summed E-state index contributed by atoms with van der Waals surface area (Å²) < 4.78 is 2.13. The number of nitrogens with one attached hydrogen (secondary N) is 1. The Morgan fingerprint density at radius 3 is 2.63 bits per heavy atom. The molecule has 0 aliphatic rings. The molecule has 0 saturated heterocycles. The highest BCUT2D eigenvalue weighted by Crippen LogP contribution is 2.24. The quantitative estimate of drug-likeness (QED) is 0.790. The monoisotopic (exact) mass is 266 g/mol. The first-order valence-corrected chi connectivity index (χ1v) is 6.89. The molecule has 5 heteroatoms. The lowest BCUT2D eigenvalue weighted by Gasteiger charge is -2.31. The van der Waals surface area contributed by atoms with Gasteiger partial charge in [-0.05, 0) is 26.8 Å². The van der Waals surface area contributed by atoms with Crippen LogP contribution in [-0.2, 0) is 4.79 Å². The van der Waals surface area contributed by atoms with Crippen LogP contribution in [0.1, 0.15) is 58.8 Å². The Hall–Kier alpha value is -1.36. The van der Waals surface area contributed by atoms with Gasteiger partial charge in [0.1, 0.15) is 5.82 Å². The van der Waals surface area contributed by atoms with Crippen LogP contribution in [0.5, 0.6) is 0 Å². The summed E-state index contributed by atoms with van der Waals surface area (Å²) in [5.41, 5.74) is 4.84. The van der Waals surface area contributed by atoms with Crippen molar-refractivity contribution in [2.45, 2.75) is 58.5 Å². The highest BCUT2D eigenvalue weighted by Gasteiger charge is 2.32. The van der Waals surface area contributed by atoms with Crippen molar-refractivity contribution >= 4 is 5.91 Å². The second kappa shape index (κ2) is 6.19. The standard InChI is InChI=1S/C14H26N4O/c1-6-17-14(5,13(15)19)9-11(4)18-8-7-16-12(18)10(2)3/h7-8,10-11,17H,6,9H2,1-5H3,(H2,15,19). The van der Waals surface area contributed by atoms with Gasteiger partial charge in [0, 0.05) is 24.4 Å². The van der Waals surface area contributed by atoms with Crippen molar-refractivity contribution in [1.82, 2.24) is 14.9 Å². The van der Waals surface area contributed by atoms with E-state index < -0.39 is 5.54 Å². The largest absolute Gasteiger partial charge is 0.368 e. The molecule has 1 amide bonds. The zero-order valence-corrected chi connectivity index (χ0v) is 12.6. The zero-order valence-electron chi connectivity index (χ0n) is 12.6. The normalized spacial score (nSPS) is 16.3. The summed E-state index contributed by atoms with van der Waals surface area (Å²) in [6.45, 7) is 10.9. The third-order valence-corrected chi connectivity index (χ3v) is 3.50. The van der Waals surface area contributed by atoms with Gasteiger partial charge >= 0.3 is 0 Å². The van der Waals surface area contributed by atoms with Gasteiger partial charge in [0.05, 0.1) is 5.54 Å². The number of primary amides is 1. The lowest BCUT2D eigenvalue weighted by Crippen LogP contribution is -2.54. The molecule has 108 valence electrons. The van der Waals surface area contributed by atoms with E-state index in [0.29, 0.717) is 18.9 Å². The van der Waals surface area contributed by atoms with E-state index in [0.717, 1.165) is 5.82 Å². The lowest BCUT2D eigenvalue weighted by molar-refractivity contribution is -0.124. The summed E-state index contributed by atoms with van der Waals surface area (Å²) in [4.78, 5) is 16.1. The Bertz CT molecular complexity index is 427. The van der Waals surface area contributed by atoms with Gasteiger partial charge in [-0.15, -0.1) is 0 Å². The van der Waals surface area contributed by atoms with Gasteiger partial charge in [0.25, 0.3) is 0 Å². The molecule has 19 heavy (non-hydrogen) atoms. The molecule has 0 aliphatic heterocycles. The van der Waals surface area contributed by atoms with E-state index in [4.69, 9.17) is 5.73 Å². The summed E-state index contributed by atoms with van der Waals surface area (Å²) in [5, 5.41) is 3.19. The second-order valence-corrected chi connectivity index (χ2v) is 5.63. The number of hydrogen-bond donors (Lipinski definition) is 2. The molecule has 5 nitrogen and oxygen atoms in total. The maximum Gasteiger partial charge on any atom is 0.237 e. The van der Waals surface area contributed by atoms with Gasteiger partial charge < -0.3 is 15.6 Å². The van der Waals surface area contributed by atoms with E-state index in [-0.39, 0.29) is 11.9 Å². The molecule has 2 atom stereocenters. The Morgan fingerprint density at radius 2 is 2.16 bits per heavy atom. The number of carbonyl (C=O) groups is 1. The van der Waals surface area contributed by atoms with Crippen LogP contribution in [0, 0.1) is 0 Å². The van der Waals surface area contributed by atoms with Gasteiger partial charge in [-0.25, -0.2) is 4.98 Å². The minimum atomic E-state index is -0.688. The highest BCUT2D eigenvalue weighted by atomic mass is 16.1. The predicted octanol–water partition coefficient (Wildman–Crippen LogP) is 1.81. The Balaban J connectivity index is 2.91. The number of amides is 1. The maximum atomic E-state index is 11.7. The number of carbonyl (C=O) groups excluding carboxylic acids is 1. The van der Waals surface area contributed by atoms with Crippen molar-refractivity contribution in [2.24, 2.45) is 5.73 Å². The van der Waals surface area contributed by atoms with Crippen molar-refractivity contribution in [3.8, 4) is 0 Å². The van der Waals surface area contributed by atoms with E-state index in [9.17, 15) is 4.79 Å². The van der Waals surface area contributed by atoms with Crippen LogP contribution in [0.25, 0.3) is 0 Å². The van der Waals surface area contributed by atoms with Gasteiger partial charge in [-0.3, -0.25) is 4.79 Å². The van der Waals surface area contributed by atoms with Crippen LogP contribution in [0.15, 0.2) is 12.4 Å². The molecule has 1 rings (SSSR count). The van der Waals surface area contributed by atoms with Gasteiger partial charge in [-0.1, -0.05) is 20.8 Å². The number of rotatable bonds is 7. The number of hydrogen-bond acceptors (Lipinski definition) is 3. The summed E-state index contributed by atoms with van der Waals surface area (Å²) in [6.07, 6.45) is 4.42. The fraction of sp³-hybridized carbons (Fsp3) is 0.714. The average molecular weight is 266 g/mol. The highest BCUT2D eigenvalue weighted by molar-refractivity contribution is 5.84. The smallest absolute Gasteiger partial charge is 0.237 e. The van der Waals surface area contributed by atoms with Crippen LogP contribution < -0.4 is 11.1 Å². The summed E-state index contributed by atoms with van der Waals surface area (Å²) in [7, 11) is 0. The third kappa shape index (κ3) is 3.56. The van der Waals surface area contributed by atoms with Crippen molar-refractivity contribution in [2.75, 3.05) is 6.54 Å². The molecule has 0 aromatic carbocycles. The molecular formula is C14H26N4O. The lowest BCUT2D eigenvalue weighted by atomic mass is 9.92. The molecule has 1 aromatic heterocycles. The first kappa shape index (κ1) is 15.7. The van der Waals surface area contributed by atoms with Crippen LogP contribution in [0.3, 0.4) is 0 Å². The topological polar surface area (TPSA) is 72.9 Å². The summed E-state index contributed by atoms with van der Waals surface area (Å²) in [5.74, 6) is 1.08. The molecule has 3 N–H and O–H groups in total. The molecule has 1 aromatic rings. The fourth-order valence-corrected chi connectivity index (χ4v) is 2.48. The van der Waals surface area contributed by atoms with Crippen molar-refractivity contribution < 1.29 is 4.79 Å². The summed E-state index contributed by atoms with van der Waals surface area (Å²) in [6, 6.07) is 0.163. The number of aromatic nitrogens is 2. The second-order valence-electron chi connectivity index (χ2n) is 5.63. The molecule has 0 spiro atoms. The van der Waals surface area contributed by atoms with E-state index in [1.807, 2.05) is 20.0 Å². The van der Waals surface area contributed by atoms with Crippen LogP contribution >= 0.6 is 0 Å². The maximum absolute atomic E-state index is 11.7. The predicted molar refractivity (Wildman–Crippen MR) is 76.9 cm³/mol. The van der Waals surface area contributed by atoms with Crippen LogP contribution in [0.2, 0.25) is 0 Å². The van der Waals surface area contributed by atoms with Crippen LogP contribution in [-0.4, -0.2) is 27.5 Å². The molecule has 0 aliphatic carbocycles. The number of nitrogens with zero attached hydrogens (tertiary/aromatic N) is 2. The SMILES string of the molecule is CCNC(C)(CC(C)n1ccnc1C(C)C)C(N)=O. The molecule has 2 unspecified atom stereocenters. The Morgan fingerprint density at radius 1 is 1.53 bits per heavy atom.